The van der Waals surface area contributed by atoms with Gasteiger partial charge in [-0.3, -0.25) is 4.79 Å². The van der Waals surface area contributed by atoms with Crippen molar-refractivity contribution in [2.75, 3.05) is 6.61 Å². The van der Waals surface area contributed by atoms with E-state index < -0.39 is 6.04 Å². The molecule has 0 heterocycles. The van der Waals surface area contributed by atoms with Crippen molar-refractivity contribution < 1.29 is 9.53 Å². The minimum absolute atomic E-state index is 0. The molecule has 0 aliphatic heterocycles. The quantitative estimate of drug-likeness (QED) is 0.405. The maximum absolute atomic E-state index is 11.3. The molecule has 0 amide bonds. The van der Waals surface area contributed by atoms with Crippen molar-refractivity contribution in [2.45, 2.75) is 52.5 Å². The van der Waals surface area contributed by atoms with Gasteiger partial charge in [-0.15, -0.1) is 0 Å². The van der Waals surface area contributed by atoms with E-state index in [0.717, 1.165) is 19.3 Å². The SMILES string of the molecule is CCCCCOC(=O)[C@@H](N)CC(C)C.[NaH]. The second-order valence-electron chi connectivity index (χ2n) is 4.11. The molecule has 0 aromatic rings. The van der Waals surface area contributed by atoms with Crippen LogP contribution in [-0.2, 0) is 9.53 Å². The van der Waals surface area contributed by atoms with Gasteiger partial charge in [0.25, 0.3) is 0 Å². The second kappa shape index (κ2) is 10.9. The Kier molecular flexibility index (Phi) is 13.0. The Morgan fingerprint density at radius 1 is 1.33 bits per heavy atom. The van der Waals surface area contributed by atoms with Crippen LogP contribution in [0.3, 0.4) is 0 Å². The van der Waals surface area contributed by atoms with Crippen LogP contribution < -0.4 is 5.73 Å². The molecule has 0 fully saturated rings. The van der Waals surface area contributed by atoms with Crippen LogP contribution in [0.1, 0.15) is 46.5 Å². The molecule has 0 spiro atoms. The van der Waals surface area contributed by atoms with E-state index in [9.17, 15) is 4.79 Å². The molecular weight excluding hydrogens is 201 g/mol. The number of carbonyl (C=O) groups is 1. The van der Waals surface area contributed by atoms with E-state index in [4.69, 9.17) is 10.5 Å². The molecule has 2 N–H and O–H groups in total. The second-order valence-corrected chi connectivity index (χ2v) is 4.11. The van der Waals surface area contributed by atoms with E-state index >= 15 is 0 Å². The molecule has 3 nitrogen and oxygen atoms in total. The number of nitrogens with two attached hydrogens (primary N) is 1. The summed E-state index contributed by atoms with van der Waals surface area (Å²) in [5, 5.41) is 0. The van der Waals surface area contributed by atoms with E-state index in [1.807, 2.05) is 13.8 Å². The third kappa shape index (κ3) is 10.7. The van der Waals surface area contributed by atoms with Gasteiger partial charge in [-0.05, 0) is 18.8 Å². The first-order chi connectivity index (χ1) is 6.57. The van der Waals surface area contributed by atoms with E-state index in [1.54, 1.807) is 0 Å². The minimum atomic E-state index is -0.448. The number of unbranched alkanes of at least 4 members (excludes halogenated alkanes) is 2. The standard InChI is InChI=1S/C11H23NO2.Na.H/c1-4-5-6-7-14-11(13)10(12)8-9(2)3;;/h9-10H,4-8,12H2,1-3H3;;/t10-;;/m0../s1. The average molecular weight is 225 g/mol. The van der Waals surface area contributed by atoms with Crippen molar-refractivity contribution in [2.24, 2.45) is 11.7 Å². The van der Waals surface area contributed by atoms with Gasteiger partial charge < -0.3 is 10.5 Å². The summed E-state index contributed by atoms with van der Waals surface area (Å²) in [6, 6.07) is -0.448. The zero-order chi connectivity index (χ0) is 11.0. The molecule has 0 unspecified atom stereocenters. The Bertz CT molecular complexity index is 163. The van der Waals surface area contributed by atoms with E-state index in [0.29, 0.717) is 18.9 Å². The van der Waals surface area contributed by atoms with Gasteiger partial charge in [-0.2, -0.15) is 0 Å². The Morgan fingerprint density at radius 2 is 1.93 bits per heavy atom. The first kappa shape index (κ1) is 17.8. The van der Waals surface area contributed by atoms with Crippen LogP contribution in [0.5, 0.6) is 0 Å². The van der Waals surface area contributed by atoms with Crippen LogP contribution in [-0.4, -0.2) is 48.2 Å². The fourth-order valence-corrected chi connectivity index (χ4v) is 1.24. The third-order valence-electron chi connectivity index (χ3n) is 2.02. The molecule has 0 aliphatic carbocycles. The zero-order valence-electron chi connectivity index (χ0n) is 9.58. The van der Waals surface area contributed by atoms with Gasteiger partial charge in [0.2, 0.25) is 0 Å². The zero-order valence-corrected chi connectivity index (χ0v) is 9.58. The van der Waals surface area contributed by atoms with Crippen molar-refractivity contribution in [3.63, 3.8) is 0 Å². The normalized spacial score (nSPS) is 12.1. The van der Waals surface area contributed by atoms with Crippen LogP contribution in [0.4, 0.5) is 0 Å². The molecule has 1 atom stereocenters. The van der Waals surface area contributed by atoms with Crippen molar-refractivity contribution in [1.82, 2.24) is 0 Å². The van der Waals surface area contributed by atoms with Crippen molar-refractivity contribution in [3.8, 4) is 0 Å². The van der Waals surface area contributed by atoms with Crippen LogP contribution in [0, 0.1) is 5.92 Å². The van der Waals surface area contributed by atoms with Crippen LogP contribution in [0.2, 0.25) is 0 Å². The third-order valence-corrected chi connectivity index (χ3v) is 2.02. The number of carbonyl (C=O) groups excluding carboxylic acids is 1. The van der Waals surface area contributed by atoms with Crippen LogP contribution in [0.25, 0.3) is 0 Å². The number of esters is 1. The summed E-state index contributed by atoms with van der Waals surface area (Å²) in [5.41, 5.74) is 5.66. The molecule has 0 rings (SSSR count). The predicted octanol–water partition coefficient (Wildman–Crippen LogP) is 1.44. The maximum atomic E-state index is 11.3. The Balaban J connectivity index is 0. The molecular formula is C11H24NNaO2. The number of hydrogen-bond acceptors (Lipinski definition) is 3. The summed E-state index contributed by atoms with van der Waals surface area (Å²) in [7, 11) is 0. The molecule has 0 aliphatic rings. The predicted molar refractivity (Wildman–Crippen MR) is 65.1 cm³/mol. The fraction of sp³-hybridized carbons (Fsp3) is 0.909. The van der Waals surface area contributed by atoms with E-state index in [1.165, 1.54) is 0 Å². The summed E-state index contributed by atoms with van der Waals surface area (Å²) in [5.74, 6) is 0.183. The molecule has 15 heavy (non-hydrogen) atoms. The van der Waals surface area contributed by atoms with E-state index in [-0.39, 0.29) is 35.5 Å². The number of hydrogen-bond donors (Lipinski definition) is 1. The van der Waals surface area contributed by atoms with Gasteiger partial charge in [0.05, 0.1) is 6.61 Å². The monoisotopic (exact) mass is 225 g/mol. The first-order valence-corrected chi connectivity index (χ1v) is 5.50. The van der Waals surface area contributed by atoms with Gasteiger partial charge in [0.15, 0.2) is 0 Å². The molecule has 0 saturated carbocycles. The fourth-order valence-electron chi connectivity index (χ4n) is 1.24. The molecule has 0 saturated heterocycles. The number of rotatable bonds is 7. The summed E-state index contributed by atoms with van der Waals surface area (Å²) in [6.45, 7) is 6.72. The summed E-state index contributed by atoms with van der Waals surface area (Å²) in [6.07, 6.45) is 3.88. The molecule has 86 valence electrons. The van der Waals surface area contributed by atoms with Crippen molar-refractivity contribution in [3.05, 3.63) is 0 Å². The summed E-state index contributed by atoms with van der Waals surface area (Å²) >= 11 is 0. The van der Waals surface area contributed by atoms with Gasteiger partial charge in [0.1, 0.15) is 6.04 Å². The Hall–Kier alpha value is 0.430. The van der Waals surface area contributed by atoms with Crippen molar-refractivity contribution in [1.29, 1.82) is 0 Å². The van der Waals surface area contributed by atoms with Crippen molar-refractivity contribution >= 4 is 35.5 Å². The average Bonchev–Trinajstić information content (AvgIpc) is 2.11. The summed E-state index contributed by atoms with van der Waals surface area (Å²) in [4.78, 5) is 11.3. The van der Waals surface area contributed by atoms with Crippen LogP contribution in [0.15, 0.2) is 0 Å². The number of ether oxygens (including phenoxy) is 1. The molecule has 0 aromatic carbocycles. The van der Waals surface area contributed by atoms with Gasteiger partial charge in [-0.25, -0.2) is 0 Å². The van der Waals surface area contributed by atoms with Crippen LogP contribution >= 0.6 is 0 Å². The summed E-state index contributed by atoms with van der Waals surface area (Å²) < 4.78 is 5.04. The van der Waals surface area contributed by atoms with Gasteiger partial charge >= 0.3 is 35.5 Å². The Morgan fingerprint density at radius 3 is 2.40 bits per heavy atom. The Labute approximate surface area is 115 Å². The molecule has 0 radical (unpaired) electrons. The molecule has 0 aromatic heterocycles. The first-order valence-electron chi connectivity index (χ1n) is 5.50. The topological polar surface area (TPSA) is 52.3 Å². The van der Waals surface area contributed by atoms with Gasteiger partial charge in [-0.1, -0.05) is 33.6 Å². The molecule has 4 heteroatoms. The van der Waals surface area contributed by atoms with E-state index in [2.05, 4.69) is 6.92 Å². The molecule has 0 bridgehead atoms. The van der Waals surface area contributed by atoms with Gasteiger partial charge in [0, 0.05) is 0 Å².